The minimum atomic E-state index is -1.16. The van der Waals surface area contributed by atoms with Crippen molar-refractivity contribution in [3.05, 3.63) is 11.6 Å². The van der Waals surface area contributed by atoms with Crippen molar-refractivity contribution in [3.63, 3.8) is 0 Å². The molecule has 6 nitrogen and oxygen atoms in total. The molecule has 0 aromatic heterocycles. The molecule has 6 rings (SSSR count). The number of carbonyl (C=O) groups is 2. The molecule has 1 aliphatic heterocycles. The molecule has 5 fully saturated rings. The van der Waals surface area contributed by atoms with Crippen molar-refractivity contribution in [2.24, 2.45) is 45.8 Å². The van der Waals surface area contributed by atoms with E-state index in [9.17, 15) is 14.7 Å². The molecular weight excluding hydrogens is 430 g/mol. The first-order chi connectivity index (χ1) is 16.2. The number of morpholine rings is 1. The summed E-state index contributed by atoms with van der Waals surface area (Å²) in [5.74, 6) is 0.425. The molecule has 0 aromatic carbocycles. The van der Waals surface area contributed by atoms with Gasteiger partial charge in [-0.3, -0.25) is 9.69 Å². The fourth-order valence-corrected chi connectivity index (χ4v) is 9.65. The lowest BCUT2D eigenvalue weighted by molar-refractivity contribution is -0.237. The molecule has 4 bridgehead atoms. The molecule has 0 spiro atoms. The molecule has 1 heterocycles. The summed E-state index contributed by atoms with van der Waals surface area (Å²) in [6, 6.07) is 0.648. The molecule has 1 saturated heterocycles. The number of carboxylic acids is 1. The van der Waals surface area contributed by atoms with Crippen LogP contribution in [0.25, 0.3) is 0 Å². The molecule has 188 valence electrons. The molecule has 6 heteroatoms. The third kappa shape index (κ3) is 2.74. The normalized spacial score (nSPS) is 49.9. The maximum Gasteiger partial charge on any atom is 0.315 e. The molecule has 4 saturated carbocycles. The Morgan fingerprint density at radius 2 is 2.00 bits per heavy atom. The van der Waals surface area contributed by atoms with E-state index in [1.54, 1.807) is 0 Å². The van der Waals surface area contributed by atoms with E-state index in [-0.39, 0.29) is 30.1 Å². The minimum Gasteiger partial charge on any atom is -0.481 e. The summed E-state index contributed by atoms with van der Waals surface area (Å²) < 4.78 is 12.8. The van der Waals surface area contributed by atoms with Gasteiger partial charge in [0, 0.05) is 24.5 Å². The summed E-state index contributed by atoms with van der Waals surface area (Å²) in [4.78, 5) is 29.1. The Morgan fingerprint density at radius 1 is 1.24 bits per heavy atom. The van der Waals surface area contributed by atoms with Crippen molar-refractivity contribution >= 4 is 12.3 Å². The second-order valence-electron chi connectivity index (χ2n) is 12.9. The molecule has 5 aliphatic carbocycles. The number of carbonyl (C=O) groups excluding carboxylic acids is 1. The zero-order chi connectivity index (χ0) is 24.0. The standard InChI is InChI=1S/C28H41NO5/c1-16(2)23-9-19-10-26(14-30)22-8-5-17(3)21(22)11-27(19,28(23,26)25(31)32)15-33-24-13-29(20-6-7-20)12-18(4)34-24/h9,14,16-22,24H,5-8,10-13,15H2,1-4H3,(H,31,32)/t17-,18?,19+,21-,22-,24-,26+,27+,28+/m1/s1. The van der Waals surface area contributed by atoms with Crippen LogP contribution in [0.5, 0.6) is 0 Å². The quantitative estimate of drug-likeness (QED) is 0.444. The second kappa shape index (κ2) is 7.63. The van der Waals surface area contributed by atoms with Gasteiger partial charge in [0.15, 0.2) is 6.29 Å². The highest BCUT2D eigenvalue weighted by Gasteiger charge is 2.84. The SMILES string of the molecule is CC1CN(C2CC2)C[C@H](OC[C@@]23C[C@@H]4[C@H](C)CC[C@H]4[C@@]4(C=O)C[C@@H]2C=C(C(C)C)[C@@]34C(=O)O)O1. The fraction of sp³-hybridized carbons (Fsp3) is 0.857. The van der Waals surface area contributed by atoms with Gasteiger partial charge in [0.05, 0.1) is 18.1 Å². The highest BCUT2D eigenvalue weighted by atomic mass is 16.7. The number of fused-ring (bicyclic) bond motifs is 2. The van der Waals surface area contributed by atoms with E-state index < -0.39 is 22.2 Å². The van der Waals surface area contributed by atoms with E-state index in [0.29, 0.717) is 30.9 Å². The number of ether oxygens (including phenoxy) is 2. The number of carboxylic acid groups (broad SMARTS) is 1. The van der Waals surface area contributed by atoms with Crippen LogP contribution < -0.4 is 0 Å². The van der Waals surface area contributed by atoms with Crippen molar-refractivity contribution in [2.45, 2.75) is 84.7 Å². The summed E-state index contributed by atoms with van der Waals surface area (Å²) in [5, 5.41) is 11.1. The van der Waals surface area contributed by atoms with Gasteiger partial charge < -0.3 is 19.4 Å². The van der Waals surface area contributed by atoms with Crippen molar-refractivity contribution in [2.75, 3.05) is 19.7 Å². The topological polar surface area (TPSA) is 76.1 Å². The Morgan fingerprint density at radius 3 is 2.65 bits per heavy atom. The Bertz CT molecular complexity index is 912. The van der Waals surface area contributed by atoms with E-state index in [2.05, 4.69) is 38.7 Å². The lowest BCUT2D eigenvalue weighted by atomic mass is 9.43. The molecular formula is C28H41NO5. The first-order valence-corrected chi connectivity index (χ1v) is 13.6. The van der Waals surface area contributed by atoms with Crippen LogP contribution in [0.1, 0.15) is 66.2 Å². The fourth-order valence-electron chi connectivity index (χ4n) is 9.65. The van der Waals surface area contributed by atoms with Crippen LogP contribution in [-0.4, -0.2) is 60.4 Å². The summed E-state index contributed by atoms with van der Waals surface area (Å²) in [5.41, 5.74) is -1.59. The Balaban J connectivity index is 1.40. The van der Waals surface area contributed by atoms with Crippen LogP contribution in [0.3, 0.4) is 0 Å². The summed E-state index contributed by atoms with van der Waals surface area (Å²) in [6.45, 7) is 10.6. The maximum atomic E-state index is 13.5. The zero-order valence-electron chi connectivity index (χ0n) is 21.2. The van der Waals surface area contributed by atoms with Crippen LogP contribution in [0.15, 0.2) is 11.6 Å². The number of allylic oxidation sites excluding steroid dienone is 1. The Hall–Kier alpha value is -1.24. The van der Waals surface area contributed by atoms with Crippen LogP contribution in [0.4, 0.5) is 0 Å². The Kier molecular flexibility index (Phi) is 5.20. The van der Waals surface area contributed by atoms with Crippen LogP contribution in [0.2, 0.25) is 0 Å². The van der Waals surface area contributed by atoms with Gasteiger partial charge in [0.1, 0.15) is 11.7 Å². The maximum absolute atomic E-state index is 13.5. The zero-order valence-corrected chi connectivity index (χ0v) is 21.2. The molecule has 0 radical (unpaired) electrons. The van der Waals surface area contributed by atoms with Crippen molar-refractivity contribution in [1.82, 2.24) is 4.90 Å². The van der Waals surface area contributed by atoms with Gasteiger partial charge in [-0.15, -0.1) is 0 Å². The first-order valence-electron chi connectivity index (χ1n) is 13.6. The third-order valence-electron chi connectivity index (χ3n) is 11.0. The molecule has 1 N–H and O–H groups in total. The van der Waals surface area contributed by atoms with Gasteiger partial charge in [-0.2, -0.15) is 0 Å². The summed E-state index contributed by atoms with van der Waals surface area (Å²) in [6.07, 6.45) is 9.15. The summed E-state index contributed by atoms with van der Waals surface area (Å²) in [7, 11) is 0. The van der Waals surface area contributed by atoms with E-state index in [4.69, 9.17) is 9.47 Å². The molecule has 34 heavy (non-hydrogen) atoms. The van der Waals surface area contributed by atoms with Gasteiger partial charge in [-0.25, -0.2) is 0 Å². The van der Waals surface area contributed by atoms with Gasteiger partial charge >= 0.3 is 5.97 Å². The summed E-state index contributed by atoms with van der Waals surface area (Å²) >= 11 is 0. The molecule has 6 aliphatic rings. The largest absolute Gasteiger partial charge is 0.481 e. The van der Waals surface area contributed by atoms with E-state index in [0.717, 1.165) is 44.2 Å². The van der Waals surface area contributed by atoms with Crippen LogP contribution >= 0.6 is 0 Å². The van der Waals surface area contributed by atoms with Gasteiger partial charge in [-0.05, 0) is 68.6 Å². The highest BCUT2D eigenvalue weighted by Crippen LogP contribution is 2.82. The third-order valence-corrected chi connectivity index (χ3v) is 11.0. The molecule has 1 unspecified atom stereocenters. The first kappa shape index (κ1) is 23.2. The molecule has 0 amide bonds. The lowest BCUT2D eigenvalue weighted by Crippen LogP contribution is -2.64. The monoisotopic (exact) mass is 471 g/mol. The molecule has 9 atom stereocenters. The predicted molar refractivity (Wildman–Crippen MR) is 127 cm³/mol. The number of rotatable bonds is 7. The Labute approximate surface area is 203 Å². The van der Waals surface area contributed by atoms with Crippen LogP contribution in [0, 0.1) is 45.8 Å². The van der Waals surface area contributed by atoms with Crippen LogP contribution in [-0.2, 0) is 19.1 Å². The average molecular weight is 472 g/mol. The van der Waals surface area contributed by atoms with E-state index in [1.165, 1.54) is 12.8 Å². The van der Waals surface area contributed by atoms with E-state index >= 15 is 0 Å². The number of hydrogen-bond donors (Lipinski definition) is 1. The number of aldehydes is 1. The number of nitrogens with zero attached hydrogens (tertiary/aromatic N) is 1. The molecule has 0 aromatic rings. The number of aliphatic carboxylic acids is 1. The van der Waals surface area contributed by atoms with Crippen molar-refractivity contribution < 1.29 is 24.2 Å². The average Bonchev–Trinajstić information content (AvgIpc) is 3.50. The van der Waals surface area contributed by atoms with Gasteiger partial charge in [0.25, 0.3) is 0 Å². The number of hydrogen-bond acceptors (Lipinski definition) is 5. The van der Waals surface area contributed by atoms with E-state index in [1.807, 2.05) is 0 Å². The second-order valence-corrected chi connectivity index (χ2v) is 12.9. The van der Waals surface area contributed by atoms with Gasteiger partial charge in [-0.1, -0.05) is 38.8 Å². The lowest BCUT2D eigenvalue weighted by Gasteiger charge is -2.58. The predicted octanol–water partition coefficient (Wildman–Crippen LogP) is 4.14. The van der Waals surface area contributed by atoms with Gasteiger partial charge in [0.2, 0.25) is 0 Å². The minimum absolute atomic E-state index is 0.0737. The smallest absolute Gasteiger partial charge is 0.315 e. The van der Waals surface area contributed by atoms with Crippen molar-refractivity contribution in [3.8, 4) is 0 Å². The van der Waals surface area contributed by atoms with Crippen molar-refractivity contribution in [1.29, 1.82) is 0 Å². The highest BCUT2D eigenvalue weighted by molar-refractivity contribution is 5.90.